The van der Waals surface area contributed by atoms with Crippen molar-refractivity contribution in [1.29, 1.82) is 0 Å². The Hall–Kier alpha value is -1.85. The van der Waals surface area contributed by atoms with Gasteiger partial charge in [-0.05, 0) is 33.3 Å². The summed E-state index contributed by atoms with van der Waals surface area (Å²) in [5.74, 6) is -0.174. The third kappa shape index (κ3) is 2.42. The van der Waals surface area contributed by atoms with Crippen molar-refractivity contribution < 1.29 is 9.59 Å². The van der Waals surface area contributed by atoms with Gasteiger partial charge in [-0.1, -0.05) is 6.92 Å². The van der Waals surface area contributed by atoms with Gasteiger partial charge in [0, 0.05) is 6.54 Å². The number of carbonyl (C=O) groups is 2. The van der Waals surface area contributed by atoms with Gasteiger partial charge in [0.15, 0.2) is 0 Å². The van der Waals surface area contributed by atoms with E-state index in [0.717, 1.165) is 24.4 Å². The normalized spacial score (nSPS) is 18.3. The molecular formula is C14H22N4O2. The fourth-order valence-electron chi connectivity index (χ4n) is 2.44. The standard InChI is InChI=1S/C14H22N4O2/c1-5-10-7-11(18(6-2)16-10)9-17-12(19)8-15-13(20)14(17,3)4/h7H,5-6,8-9H2,1-4H3,(H,15,20). The minimum absolute atomic E-state index is 0.0588. The molecule has 0 bridgehead atoms. The van der Waals surface area contributed by atoms with E-state index in [0.29, 0.717) is 6.54 Å². The second kappa shape index (κ2) is 5.26. The summed E-state index contributed by atoms with van der Waals surface area (Å²) in [6.45, 7) is 8.86. The van der Waals surface area contributed by atoms with E-state index < -0.39 is 5.54 Å². The minimum Gasteiger partial charge on any atom is -0.345 e. The Labute approximate surface area is 119 Å². The molecule has 0 atom stereocenters. The van der Waals surface area contributed by atoms with Crippen LogP contribution >= 0.6 is 0 Å². The molecule has 2 heterocycles. The van der Waals surface area contributed by atoms with Crippen molar-refractivity contribution in [2.75, 3.05) is 6.54 Å². The third-order valence-electron chi connectivity index (χ3n) is 3.83. The number of piperazine rings is 1. The SMILES string of the molecule is CCc1cc(CN2C(=O)CNC(=O)C2(C)C)n(CC)n1. The van der Waals surface area contributed by atoms with E-state index >= 15 is 0 Å². The molecule has 0 aliphatic carbocycles. The first kappa shape index (κ1) is 14.6. The van der Waals surface area contributed by atoms with Crippen LogP contribution in [-0.4, -0.2) is 38.6 Å². The van der Waals surface area contributed by atoms with Crippen LogP contribution in [-0.2, 0) is 29.1 Å². The summed E-state index contributed by atoms with van der Waals surface area (Å²) in [5, 5.41) is 7.11. The molecule has 0 unspecified atom stereocenters. The van der Waals surface area contributed by atoms with E-state index in [1.165, 1.54) is 0 Å². The molecule has 1 aliphatic heterocycles. The maximum atomic E-state index is 12.1. The van der Waals surface area contributed by atoms with Crippen LogP contribution in [0.25, 0.3) is 0 Å². The fraction of sp³-hybridized carbons (Fsp3) is 0.643. The molecule has 6 nitrogen and oxygen atoms in total. The second-order valence-electron chi connectivity index (χ2n) is 5.52. The van der Waals surface area contributed by atoms with Gasteiger partial charge < -0.3 is 10.2 Å². The lowest BCUT2D eigenvalue weighted by atomic mass is 9.98. The highest BCUT2D eigenvalue weighted by atomic mass is 16.2. The molecule has 110 valence electrons. The molecule has 1 N–H and O–H groups in total. The molecule has 20 heavy (non-hydrogen) atoms. The highest BCUT2D eigenvalue weighted by Crippen LogP contribution is 2.22. The molecule has 1 saturated heterocycles. The number of amides is 2. The predicted octanol–water partition coefficient (Wildman–Crippen LogP) is 0.702. The summed E-state index contributed by atoms with van der Waals surface area (Å²) in [7, 11) is 0. The summed E-state index contributed by atoms with van der Waals surface area (Å²) in [4.78, 5) is 25.7. The number of aromatic nitrogens is 2. The number of carbonyl (C=O) groups excluding carboxylic acids is 2. The Balaban J connectivity index is 2.29. The monoisotopic (exact) mass is 278 g/mol. The molecular weight excluding hydrogens is 256 g/mol. The minimum atomic E-state index is -0.829. The molecule has 0 saturated carbocycles. The molecule has 2 rings (SSSR count). The van der Waals surface area contributed by atoms with Crippen LogP contribution in [0.1, 0.15) is 39.1 Å². The topological polar surface area (TPSA) is 67.2 Å². The van der Waals surface area contributed by atoms with Crippen LogP contribution in [0.5, 0.6) is 0 Å². The highest BCUT2D eigenvalue weighted by Gasteiger charge is 2.41. The largest absolute Gasteiger partial charge is 0.345 e. The van der Waals surface area contributed by atoms with E-state index in [1.807, 2.05) is 17.7 Å². The fourth-order valence-corrected chi connectivity index (χ4v) is 2.44. The Morgan fingerprint density at radius 1 is 1.35 bits per heavy atom. The Kier molecular flexibility index (Phi) is 3.83. The molecule has 6 heteroatoms. The number of hydrogen-bond donors (Lipinski definition) is 1. The van der Waals surface area contributed by atoms with Crippen LogP contribution in [0.15, 0.2) is 6.07 Å². The van der Waals surface area contributed by atoms with Crippen molar-refractivity contribution in [2.45, 2.75) is 52.7 Å². The lowest BCUT2D eigenvalue weighted by molar-refractivity contribution is -0.152. The van der Waals surface area contributed by atoms with Crippen molar-refractivity contribution in [2.24, 2.45) is 0 Å². The number of hydrogen-bond acceptors (Lipinski definition) is 3. The molecule has 0 aromatic carbocycles. The molecule has 0 radical (unpaired) electrons. The summed E-state index contributed by atoms with van der Waals surface area (Å²) < 4.78 is 1.90. The van der Waals surface area contributed by atoms with Crippen LogP contribution in [0.3, 0.4) is 0 Å². The van der Waals surface area contributed by atoms with E-state index in [-0.39, 0.29) is 18.4 Å². The molecule has 1 aromatic rings. The van der Waals surface area contributed by atoms with Gasteiger partial charge in [-0.3, -0.25) is 14.3 Å². The molecule has 0 spiro atoms. The van der Waals surface area contributed by atoms with Crippen LogP contribution in [0, 0.1) is 0 Å². The maximum absolute atomic E-state index is 12.1. The van der Waals surface area contributed by atoms with Gasteiger partial charge in [0.25, 0.3) is 0 Å². The zero-order valence-electron chi connectivity index (χ0n) is 12.6. The lowest BCUT2D eigenvalue weighted by Crippen LogP contribution is -2.64. The zero-order valence-corrected chi connectivity index (χ0v) is 12.6. The van der Waals surface area contributed by atoms with Crippen LogP contribution in [0.2, 0.25) is 0 Å². The summed E-state index contributed by atoms with van der Waals surface area (Å²) in [6.07, 6.45) is 0.859. The summed E-state index contributed by atoms with van der Waals surface area (Å²) >= 11 is 0. The quantitative estimate of drug-likeness (QED) is 0.881. The summed E-state index contributed by atoms with van der Waals surface area (Å²) in [6, 6.07) is 2.01. The second-order valence-corrected chi connectivity index (χ2v) is 5.52. The average Bonchev–Trinajstić information content (AvgIpc) is 2.82. The van der Waals surface area contributed by atoms with Crippen molar-refractivity contribution in [1.82, 2.24) is 20.0 Å². The first-order valence-corrected chi connectivity index (χ1v) is 7.04. The van der Waals surface area contributed by atoms with Gasteiger partial charge in [-0.25, -0.2) is 0 Å². The van der Waals surface area contributed by atoms with E-state index in [4.69, 9.17) is 0 Å². The number of aryl methyl sites for hydroxylation is 2. The van der Waals surface area contributed by atoms with Crippen molar-refractivity contribution in [3.63, 3.8) is 0 Å². The van der Waals surface area contributed by atoms with Crippen LogP contribution in [0.4, 0.5) is 0 Å². The van der Waals surface area contributed by atoms with Gasteiger partial charge in [0.05, 0.1) is 24.5 Å². The lowest BCUT2D eigenvalue weighted by Gasteiger charge is -2.40. The van der Waals surface area contributed by atoms with E-state index in [2.05, 4.69) is 17.3 Å². The first-order valence-electron chi connectivity index (χ1n) is 7.04. The summed E-state index contributed by atoms with van der Waals surface area (Å²) in [5.41, 5.74) is 1.15. The average molecular weight is 278 g/mol. The van der Waals surface area contributed by atoms with E-state index in [1.54, 1.807) is 18.7 Å². The Morgan fingerprint density at radius 3 is 2.65 bits per heavy atom. The van der Waals surface area contributed by atoms with Crippen molar-refractivity contribution >= 4 is 11.8 Å². The Morgan fingerprint density at radius 2 is 2.05 bits per heavy atom. The maximum Gasteiger partial charge on any atom is 0.245 e. The van der Waals surface area contributed by atoms with Gasteiger partial charge in [0.2, 0.25) is 11.8 Å². The molecule has 1 aliphatic rings. The number of nitrogens with zero attached hydrogens (tertiary/aromatic N) is 3. The van der Waals surface area contributed by atoms with Crippen molar-refractivity contribution in [3.05, 3.63) is 17.5 Å². The number of rotatable bonds is 4. The van der Waals surface area contributed by atoms with Gasteiger partial charge >= 0.3 is 0 Å². The number of nitrogens with one attached hydrogen (secondary N) is 1. The van der Waals surface area contributed by atoms with Gasteiger partial charge in [-0.15, -0.1) is 0 Å². The Bertz CT molecular complexity index is 533. The van der Waals surface area contributed by atoms with Gasteiger partial charge in [0.1, 0.15) is 5.54 Å². The van der Waals surface area contributed by atoms with Crippen molar-refractivity contribution in [3.8, 4) is 0 Å². The molecule has 2 amide bonds. The molecule has 1 fully saturated rings. The first-order chi connectivity index (χ1) is 9.40. The van der Waals surface area contributed by atoms with Crippen LogP contribution < -0.4 is 5.32 Å². The third-order valence-corrected chi connectivity index (χ3v) is 3.83. The smallest absolute Gasteiger partial charge is 0.245 e. The highest BCUT2D eigenvalue weighted by molar-refractivity contribution is 5.97. The zero-order chi connectivity index (χ0) is 14.9. The van der Waals surface area contributed by atoms with Gasteiger partial charge in [-0.2, -0.15) is 5.10 Å². The van der Waals surface area contributed by atoms with E-state index in [9.17, 15) is 9.59 Å². The molecule has 1 aromatic heterocycles. The predicted molar refractivity (Wildman–Crippen MR) is 74.9 cm³/mol.